The van der Waals surface area contributed by atoms with Gasteiger partial charge in [0.25, 0.3) is 0 Å². The summed E-state index contributed by atoms with van der Waals surface area (Å²) >= 11 is 5.94. The van der Waals surface area contributed by atoms with Crippen LogP contribution in [0.15, 0.2) is 48.5 Å². The molecule has 0 bridgehead atoms. The number of hydrogen-bond donors (Lipinski definition) is 1. The number of hydrogen-bond acceptors (Lipinski definition) is 2. The van der Waals surface area contributed by atoms with Crippen LogP contribution in [0.5, 0.6) is 0 Å². The Kier molecular flexibility index (Phi) is 7.86. The molecule has 0 saturated heterocycles. The molecule has 2 amide bonds. The van der Waals surface area contributed by atoms with E-state index in [1.165, 1.54) is 5.56 Å². The van der Waals surface area contributed by atoms with Crippen LogP contribution in [0.25, 0.3) is 0 Å². The quantitative estimate of drug-likeness (QED) is 0.745. The maximum atomic E-state index is 12.9. The van der Waals surface area contributed by atoms with Gasteiger partial charge >= 0.3 is 0 Å². The fourth-order valence-electron chi connectivity index (χ4n) is 2.91. The van der Waals surface area contributed by atoms with Gasteiger partial charge in [0, 0.05) is 25.0 Å². The summed E-state index contributed by atoms with van der Waals surface area (Å²) in [6.07, 6.45) is 2.01. The molecule has 144 valence electrons. The summed E-state index contributed by atoms with van der Waals surface area (Å²) in [5.74, 6) is -0.217. The van der Waals surface area contributed by atoms with E-state index in [9.17, 15) is 9.59 Å². The molecule has 1 N–H and O–H groups in total. The molecule has 2 rings (SSSR count). The summed E-state index contributed by atoms with van der Waals surface area (Å²) in [5, 5.41) is 3.27. The van der Waals surface area contributed by atoms with Gasteiger partial charge in [0.15, 0.2) is 0 Å². The number of nitrogens with one attached hydrogen (secondary N) is 1. The van der Waals surface area contributed by atoms with Gasteiger partial charge < -0.3 is 10.2 Å². The van der Waals surface area contributed by atoms with Gasteiger partial charge in [0.05, 0.1) is 0 Å². The van der Waals surface area contributed by atoms with Gasteiger partial charge in [-0.25, -0.2) is 0 Å². The lowest BCUT2D eigenvalue weighted by Crippen LogP contribution is -2.46. The van der Waals surface area contributed by atoms with Crippen molar-refractivity contribution >= 4 is 23.4 Å². The van der Waals surface area contributed by atoms with Gasteiger partial charge in [-0.2, -0.15) is 0 Å². The second-order valence-corrected chi connectivity index (χ2v) is 7.04. The highest BCUT2D eigenvalue weighted by molar-refractivity contribution is 6.30. The Labute approximate surface area is 166 Å². The van der Waals surface area contributed by atoms with Crippen molar-refractivity contribution in [3.8, 4) is 0 Å². The van der Waals surface area contributed by atoms with E-state index in [0.717, 1.165) is 17.5 Å². The van der Waals surface area contributed by atoms with Crippen molar-refractivity contribution in [3.63, 3.8) is 0 Å². The molecule has 0 aromatic heterocycles. The number of halogens is 1. The summed E-state index contributed by atoms with van der Waals surface area (Å²) in [5.41, 5.74) is 3.35. The third-order valence-electron chi connectivity index (χ3n) is 4.74. The SMILES string of the molecule is CCc1ccc(CCC(=O)N(Cc2ccc(Cl)cc2)[C@H](C)C(=O)NC)cc1. The number of benzene rings is 2. The van der Waals surface area contributed by atoms with Crippen LogP contribution in [0.3, 0.4) is 0 Å². The van der Waals surface area contributed by atoms with Crippen LogP contribution in [-0.4, -0.2) is 29.8 Å². The number of rotatable bonds is 8. The average molecular weight is 387 g/mol. The van der Waals surface area contributed by atoms with Gasteiger partial charge in [0.1, 0.15) is 6.04 Å². The van der Waals surface area contributed by atoms with E-state index in [0.29, 0.717) is 24.4 Å². The highest BCUT2D eigenvalue weighted by Gasteiger charge is 2.25. The first kappa shape index (κ1) is 21.0. The van der Waals surface area contributed by atoms with Gasteiger partial charge in [-0.3, -0.25) is 9.59 Å². The zero-order valence-electron chi connectivity index (χ0n) is 16.2. The molecule has 5 heteroatoms. The van der Waals surface area contributed by atoms with Crippen molar-refractivity contribution in [3.05, 3.63) is 70.2 Å². The lowest BCUT2D eigenvalue weighted by atomic mass is 10.0. The predicted molar refractivity (Wildman–Crippen MR) is 110 cm³/mol. The van der Waals surface area contributed by atoms with Crippen molar-refractivity contribution in [1.82, 2.24) is 10.2 Å². The number of carbonyl (C=O) groups excluding carboxylic acids is 2. The van der Waals surface area contributed by atoms with Crippen LogP contribution >= 0.6 is 11.6 Å². The molecule has 0 fully saturated rings. The highest BCUT2D eigenvalue weighted by atomic mass is 35.5. The molecule has 0 spiro atoms. The summed E-state index contributed by atoms with van der Waals surface area (Å²) < 4.78 is 0. The lowest BCUT2D eigenvalue weighted by molar-refractivity contribution is -0.140. The maximum absolute atomic E-state index is 12.9. The Hall–Kier alpha value is -2.33. The first-order valence-electron chi connectivity index (χ1n) is 9.28. The minimum Gasteiger partial charge on any atom is -0.357 e. The fourth-order valence-corrected chi connectivity index (χ4v) is 3.04. The van der Waals surface area contributed by atoms with E-state index in [1.807, 2.05) is 12.1 Å². The first-order valence-corrected chi connectivity index (χ1v) is 9.65. The molecule has 27 heavy (non-hydrogen) atoms. The molecule has 0 radical (unpaired) electrons. The van der Waals surface area contributed by atoms with Gasteiger partial charge in [-0.05, 0) is 48.6 Å². The monoisotopic (exact) mass is 386 g/mol. The van der Waals surface area contributed by atoms with E-state index < -0.39 is 6.04 Å². The smallest absolute Gasteiger partial charge is 0.242 e. The number of aryl methyl sites for hydroxylation is 2. The van der Waals surface area contributed by atoms with Gasteiger partial charge in [-0.15, -0.1) is 0 Å². The normalized spacial score (nSPS) is 11.7. The van der Waals surface area contributed by atoms with E-state index in [1.54, 1.807) is 31.0 Å². The van der Waals surface area contributed by atoms with Crippen LogP contribution in [0, 0.1) is 0 Å². The Morgan fingerprint density at radius 2 is 1.56 bits per heavy atom. The topological polar surface area (TPSA) is 49.4 Å². The molecule has 2 aromatic rings. The molecule has 0 heterocycles. The molecule has 1 atom stereocenters. The summed E-state index contributed by atoms with van der Waals surface area (Å²) in [6, 6.07) is 15.1. The molecule has 0 unspecified atom stereocenters. The Balaban J connectivity index is 2.09. The van der Waals surface area contributed by atoms with Crippen molar-refractivity contribution in [2.45, 2.75) is 45.7 Å². The molecule has 0 aliphatic heterocycles. The summed E-state index contributed by atoms with van der Waals surface area (Å²) in [4.78, 5) is 26.6. The second kappa shape index (κ2) is 10.1. The minimum absolute atomic E-state index is 0.0411. The van der Waals surface area contributed by atoms with Crippen LogP contribution in [-0.2, 0) is 29.0 Å². The van der Waals surface area contributed by atoms with E-state index >= 15 is 0 Å². The molecule has 2 aromatic carbocycles. The summed E-state index contributed by atoms with van der Waals surface area (Å²) in [7, 11) is 1.58. The van der Waals surface area contributed by atoms with E-state index in [-0.39, 0.29) is 11.8 Å². The largest absolute Gasteiger partial charge is 0.357 e. The molecular formula is C22H27ClN2O2. The van der Waals surface area contributed by atoms with Gasteiger partial charge in [-0.1, -0.05) is 54.9 Å². The van der Waals surface area contributed by atoms with E-state index in [4.69, 9.17) is 11.6 Å². The number of amides is 2. The molecule has 0 aliphatic carbocycles. The second-order valence-electron chi connectivity index (χ2n) is 6.61. The fraction of sp³-hybridized carbons (Fsp3) is 0.364. The maximum Gasteiger partial charge on any atom is 0.242 e. The standard InChI is InChI=1S/C22H27ClN2O2/c1-4-17-5-7-18(8-6-17)11-14-21(26)25(16(2)22(27)24-3)15-19-9-12-20(23)13-10-19/h5-10,12-13,16H,4,11,14-15H2,1-3H3,(H,24,27)/t16-/m1/s1. The predicted octanol–water partition coefficient (Wildman–Crippen LogP) is 4.00. The van der Waals surface area contributed by atoms with Crippen molar-refractivity contribution in [1.29, 1.82) is 0 Å². The Morgan fingerprint density at radius 3 is 2.11 bits per heavy atom. The van der Waals surface area contributed by atoms with Crippen molar-refractivity contribution in [2.24, 2.45) is 0 Å². The highest BCUT2D eigenvalue weighted by Crippen LogP contribution is 2.16. The Morgan fingerprint density at radius 1 is 1.00 bits per heavy atom. The number of carbonyl (C=O) groups is 2. The molecule has 0 saturated carbocycles. The lowest BCUT2D eigenvalue weighted by Gasteiger charge is -2.28. The van der Waals surface area contributed by atoms with Crippen LogP contribution in [0.2, 0.25) is 5.02 Å². The summed E-state index contributed by atoms with van der Waals surface area (Å²) in [6.45, 7) is 4.25. The Bertz CT molecular complexity index is 757. The number of nitrogens with zero attached hydrogens (tertiary/aromatic N) is 1. The van der Waals surface area contributed by atoms with Crippen molar-refractivity contribution in [2.75, 3.05) is 7.05 Å². The average Bonchev–Trinajstić information content (AvgIpc) is 2.70. The van der Waals surface area contributed by atoms with Gasteiger partial charge in [0.2, 0.25) is 11.8 Å². The van der Waals surface area contributed by atoms with E-state index in [2.05, 4.69) is 36.5 Å². The zero-order valence-corrected chi connectivity index (χ0v) is 16.9. The number of likely N-dealkylation sites (N-methyl/N-ethyl adjacent to an activating group) is 1. The minimum atomic E-state index is -0.541. The third kappa shape index (κ3) is 6.10. The van der Waals surface area contributed by atoms with Crippen molar-refractivity contribution < 1.29 is 9.59 Å². The third-order valence-corrected chi connectivity index (χ3v) is 4.99. The zero-order chi connectivity index (χ0) is 19.8. The van der Waals surface area contributed by atoms with Crippen LogP contribution in [0.1, 0.15) is 37.0 Å². The molecular weight excluding hydrogens is 360 g/mol. The first-order chi connectivity index (χ1) is 12.9. The van der Waals surface area contributed by atoms with Crippen LogP contribution in [0.4, 0.5) is 0 Å². The molecule has 0 aliphatic rings. The molecule has 4 nitrogen and oxygen atoms in total. The van der Waals surface area contributed by atoms with Crippen LogP contribution < -0.4 is 5.32 Å².